The van der Waals surface area contributed by atoms with Crippen LogP contribution in [0.3, 0.4) is 0 Å². The van der Waals surface area contributed by atoms with Crippen LogP contribution in [0.15, 0.2) is 24.3 Å². The second-order valence-electron chi connectivity index (χ2n) is 15.1. The molecule has 74 heavy (non-hydrogen) atoms. The van der Waals surface area contributed by atoms with Crippen molar-refractivity contribution < 1.29 is 97.7 Å². The molecule has 0 unspecified atom stereocenters. The molecular weight excluding hydrogens is 1060 g/mol. The Morgan fingerprint density at radius 2 is 0.486 bits per heavy atom. The van der Waals surface area contributed by atoms with E-state index in [0.717, 1.165) is 0 Å². The van der Waals surface area contributed by atoms with Crippen molar-refractivity contribution in [1.82, 2.24) is 19.9 Å². The summed E-state index contributed by atoms with van der Waals surface area (Å²) in [5, 5.41) is 25.6. The molecule has 2 aliphatic heterocycles. The number of aromatic nitrogens is 4. The predicted molar refractivity (Wildman–Crippen MR) is 212 cm³/mol. The van der Waals surface area contributed by atoms with E-state index in [9.17, 15) is 37.8 Å². The topological polar surface area (TPSA) is 144 Å². The van der Waals surface area contributed by atoms with Gasteiger partial charge in [-0.25, -0.2) is 97.8 Å². The van der Waals surface area contributed by atoms with Gasteiger partial charge in [0, 0.05) is 56.5 Å². The zero-order chi connectivity index (χ0) is 54.2. The van der Waals surface area contributed by atoms with Crippen molar-refractivity contribution in [3.63, 3.8) is 0 Å². The van der Waals surface area contributed by atoms with Crippen molar-refractivity contribution in [2.75, 3.05) is 0 Å². The van der Waals surface area contributed by atoms with Crippen LogP contribution < -0.4 is 0 Å². The van der Waals surface area contributed by atoms with E-state index in [-0.39, 0.29) is 12.2 Å². The molecule has 0 saturated heterocycles. The lowest BCUT2D eigenvalue weighted by Gasteiger charge is -2.11. The Morgan fingerprint density at radius 1 is 0.297 bits per heavy atom. The van der Waals surface area contributed by atoms with Gasteiger partial charge < -0.3 is 9.97 Å². The zero-order valence-corrected chi connectivity index (χ0v) is 34.4. The van der Waals surface area contributed by atoms with Crippen LogP contribution in [0.25, 0.3) is 90.1 Å². The van der Waals surface area contributed by atoms with Gasteiger partial charge in [0.1, 0.15) is 0 Å². The summed E-state index contributed by atoms with van der Waals surface area (Å²) in [7, 11) is 0. The summed E-state index contributed by atoms with van der Waals surface area (Å²) in [6, 6.07) is 1.31. The molecule has 8 bridgehead atoms. The van der Waals surface area contributed by atoms with Gasteiger partial charge in [-0.2, -0.15) is 0 Å². The fourth-order valence-electron chi connectivity index (χ4n) is 7.95. The SMILES string of the molecule is O=[N+]([O-])C1=Cc2nc1c(-c1c(F)c(F)c(F)c(F)c1F)c1ccc([nH]1)c(-c1c(F)c(F)c(F)c(F)c1F)c1nc(c(-c3c(F)c(F)c(F)c(F)c3F)c3ccc([nH]3)c2-c2c(F)c(F)c(F)c(F)c2F)C([N+](=O)[O-])=C1. The van der Waals surface area contributed by atoms with E-state index in [1.165, 1.54) is 0 Å². The van der Waals surface area contributed by atoms with Crippen LogP contribution in [-0.4, -0.2) is 29.8 Å². The first kappa shape index (κ1) is 49.8. The third kappa shape index (κ3) is 7.04. The van der Waals surface area contributed by atoms with E-state index >= 15 is 70.2 Å². The number of nitrogens with zero attached hydrogens (tertiary/aromatic N) is 4. The summed E-state index contributed by atoms with van der Waals surface area (Å²) < 4.78 is 306. The molecule has 0 saturated carbocycles. The van der Waals surface area contributed by atoms with Gasteiger partial charge in [0.15, 0.2) is 104 Å². The summed E-state index contributed by atoms with van der Waals surface area (Å²) in [5.41, 5.74) is -31.3. The molecule has 10 nitrogen and oxygen atoms in total. The molecule has 7 aromatic rings. The Kier molecular flexibility index (Phi) is 11.6. The van der Waals surface area contributed by atoms with Crippen molar-refractivity contribution in [1.29, 1.82) is 0 Å². The Hall–Kier alpha value is -9.12. The minimum atomic E-state index is -2.91. The van der Waals surface area contributed by atoms with Crippen molar-refractivity contribution in [3.8, 4) is 44.5 Å². The third-order valence-corrected chi connectivity index (χ3v) is 11.2. The van der Waals surface area contributed by atoms with Gasteiger partial charge in [-0.3, -0.25) is 20.2 Å². The molecule has 30 heteroatoms. The summed E-state index contributed by atoms with van der Waals surface area (Å²) in [6.07, 6.45) is -0.0402. The number of fused-ring (bicyclic) bond motifs is 8. The average Bonchev–Trinajstić information content (AvgIpc) is 4.22. The molecule has 378 valence electrons. The summed E-state index contributed by atoms with van der Waals surface area (Å²) in [4.78, 5) is 33.6. The Balaban J connectivity index is 1.68. The van der Waals surface area contributed by atoms with Crippen LogP contribution >= 0.6 is 0 Å². The maximum absolute atomic E-state index is 16.0. The van der Waals surface area contributed by atoms with E-state index < -0.39 is 227 Å². The smallest absolute Gasteiger partial charge is 0.297 e. The predicted octanol–water partition coefficient (Wildman–Crippen LogP) is 13.3. The first-order valence-corrected chi connectivity index (χ1v) is 19.3. The molecule has 9 rings (SSSR count). The van der Waals surface area contributed by atoms with E-state index in [1.54, 1.807) is 0 Å². The first-order chi connectivity index (χ1) is 34.7. The highest BCUT2D eigenvalue weighted by molar-refractivity contribution is 6.02. The molecular formula is C44H8F20N6O4. The molecule has 0 fully saturated rings. The molecule has 0 spiro atoms. The van der Waals surface area contributed by atoms with Gasteiger partial charge in [-0.15, -0.1) is 0 Å². The van der Waals surface area contributed by atoms with Crippen molar-refractivity contribution in [2.24, 2.45) is 0 Å². The lowest BCUT2D eigenvalue weighted by Crippen LogP contribution is -2.07. The molecule has 2 N–H and O–H groups in total. The summed E-state index contributed by atoms with van der Waals surface area (Å²) in [6.45, 7) is 0. The van der Waals surface area contributed by atoms with Gasteiger partial charge in [0.25, 0.3) is 11.4 Å². The zero-order valence-electron chi connectivity index (χ0n) is 34.4. The quantitative estimate of drug-likeness (QED) is 0.0558. The Morgan fingerprint density at radius 3 is 0.703 bits per heavy atom. The number of rotatable bonds is 6. The highest BCUT2D eigenvalue weighted by atomic mass is 19.2. The largest absolute Gasteiger partial charge is 0.354 e. The van der Waals surface area contributed by atoms with Crippen LogP contribution in [-0.2, 0) is 0 Å². The Bertz CT molecular complexity index is 3680. The van der Waals surface area contributed by atoms with Crippen molar-refractivity contribution in [3.05, 3.63) is 184 Å². The number of halogens is 20. The van der Waals surface area contributed by atoms with Crippen LogP contribution in [0.2, 0.25) is 0 Å². The highest BCUT2D eigenvalue weighted by Gasteiger charge is 2.40. The van der Waals surface area contributed by atoms with Gasteiger partial charge in [-0.05, 0) is 24.3 Å². The summed E-state index contributed by atoms with van der Waals surface area (Å²) >= 11 is 0. The number of hydrogen-bond acceptors (Lipinski definition) is 6. The molecule has 4 aromatic carbocycles. The third-order valence-electron chi connectivity index (χ3n) is 11.2. The highest BCUT2D eigenvalue weighted by Crippen LogP contribution is 2.47. The fourth-order valence-corrected chi connectivity index (χ4v) is 7.95. The molecule has 5 heterocycles. The number of nitro groups is 2. The Labute approximate surface area is 391 Å². The van der Waals surface area contributed by atoms with Crippen LogP contribution in [0.4, 0.5) is 87.8 Å². The van der Waals surface area contributed by atoms with E-state index in [4.69, 9.17) is 0 Å². The number of aromatic amines is 2. The molecule has 2 aliphatic rings. The monoisotopic (exact) mass is 1060 g/mol. The lowest BCUT2D eigenvalue weighted by atomic mass is 10.00. The lowest BCUT2D eigenvalue weighted by molar-refractivity contribution is -0.374. The van der Waals surface area contributed by atoms with Crippen LogP contribution in [0, 0.1) is 137 Å². The fraction of sp³-hybridized carbons (Fsp3) is 0. The average molecular weight is 1060 g/mol. The van der Waals surface area contributed by atoms with Gasteiger partial charge in [-0.1, -0.05) is 0 Å². The van der Waals surface area contributed by atoms with Gasteiger partial charge in [0.05, 0.1) is 43.5 Å². The number of benzene rings is 4. The van der Waals surface area contributed by atoms with Crippen LogP contribution in [0.1, 0.15) is 22.8 Å². The van der Waals surface area contributed by atoms with Crippen molar-refractivity contribution in [2.45, 2.75) is 0 Å². The number of nitrogens with one attached hydrogen (secondary N) is 2. The number of hydrogen-bond donors (Lipinski definition) is 2. The minimum Gasteiger partial charge on any atom is -0.354 e. The van der Waals surface area contributed by atoms with Crippen molar-refractivity contribution >= 4 is 45.6 Å². The molecule has 0 aliphatic carbocycles. The molecule has 0 atom stereocenters. The molecule has 0 amide bonds. The second kappa shape index (κ2) is 17.3. The molecule has 3 aromatic heterocycles. The van der Waals surface area contributed by atoms with Gasteiger partial charge in [0.2, 0.25) is 23.3 Å². The normalized spacial score (nSPS) is 12.4. The first-order valence-electron chi connectivity index (χ1n) is 19.3. The van der Waals surface area contributed by atoms with Crippen LogP contribution in [0.5, 0.6) is 0 Å². The van der Waals surface area contributed by atoms with E-state index in [0.29, 0.717) is 24.3 Å². The maximum atomic E-state index is 16.0. The van der Waals surface area contributed by atoms with Gasteiger partial charge >= 0.3 is 0 Å². The maximum Gasteiger partial charge on any atom is 0.297 e. The minimum absolute atomic E-state index is 0.0201. The van der Waals surface area contributed by atoms with E-state index in [2.05, 4.69) is 9.97 Å². The molecule has 0 radical (unpaired) electrons. The summed E-state index contributed by atoms with van der Waals surface area (Å²) in [5.74, 6) is -57.2. The second-order valence-corrected chi connectivity index (χ2v) is 15.1. The standard InChI is InChI=1S/C44H8F20N6O4/c45-23-19(24(46)32(54)39(61)31(23)53)15-7-1-3-9(65-7)17(21-27(49)35(57)41(63)36(58)28(21)50)43-14(70(73)74)6-12(68-43)16(20-25(47)33(55)40(62)34(56)26(20)48)8-2-4-10(66-8)18(44-13(69(71)72)5-11(15)67-44)22-29(51)37(59)42(64)38(60)30(22)52/h1-6,65-66H. The van der Waals surface area contributed by atoms with E-state index in [1.807, 2.05) is 9.97 Å². The number of H-pyrrole nitrogens is 2.